The Kier molecular flexibility index (Phi) is 22.7. The molecule has 0 fully saturated rings. The summed E-state index contributed by atoms with van der Waals surface area (Å²) in [5.41, 5.74) is 5.25. The number of rotatable bonds is 24. The van der Waals surface area contributed by atoms with Crippen molar-refractivity contribution < 1.29 is 47.5 Å². The molecule has 0 aliphatic heterocycles. The lowest BCUT2D eigenvalue weighted by Crippen LogP contribution is -2.34. The normalized spacial score (nSPS) is 15.1. The van der Waals surface area contributed by atoms with Crippen LogP contribution in [0.15, 0.2) is 48.6 Å². The molecule has 0 radical (unpaired) electrons. The molecule has 4 N–H and O–H groups in total. The van der Waals surface area contributed by atoms with E-state index in [0.717, 1.165) is 38.5 Å². The number of allylic oxidation sites excluding steroid dienone is 8. The van der Waals surface area contributed by atoms with Gasteiger partial charge in [0.1, 0.15) is 12.6 Å². The zero-order valence-electron chi connectivity index (χ0n) is 23.7. The van der Waals surface area contributed by atoms with Gasteiger partial charge in [0.2, 0.25) is 0 Å². The molecule has 0 aliphatic carbocycles. The van der Waals surface area contributed by atoms with E-state index in [0.29, 0.717) is 12.8 Å². The van der Waals surface area contributed by atoms with Crippen molar-refractivity contribution >= 4 is 25.7 Å². The third kappa shape index (κ3) is 23.3. The summed E-state index contributed by atoms with van der Waals surface area (Å²) in [6, 6.07) is -1.53. The Morgan fingerprint density at radius 1 is 0.800 bits per heavy atom. The van der Waals surface area contributed by atoms with Gasteiger partial charge in [-0.15, -0.1) is 0 Å². The van der Waals surface area contributed by atoms with Gasteiger partial charge >= 0.3 is 25.7 Å². The van der Waals surface area contributed by atoms with Crippen LogP contribution >= 0.6 is 7.82 Å². The standard InChI is InChI=1S/C28H46NO10P/c1-3-5-7-8-9-10-11-12-13-14-15-16-18-20-27(31)39-24(21-36-26(30)19-17-6-4-2)22-37-40(34,35)38-23-25(29)28(32)33/h5,7,9-10,12-13,15-16,24-25H,3-4,6,8,11,14,17-23,29H2,1-2H3,(H,32,33)(H,34,35)/b7-5-,10-9-,13-12-,16-15-. The largest absolute Gasteiger partial charge is 0.480 e. The highest BCUT2D eigenvalue weighted by Gasteiger charge is 2.28. The van der Waals surface area contributed by atoms with Crippen molar-refractivity contribution in [3.05, 3.63) is 48.6 Å². The first-order valence-corrected chi connectivity index (χ1v) is 15.2. The third-order valence-electron chi connectivity index (χ3n) is 5.10. The van der Waals surface area contributed by atoms with Crippen LogP contribution in [0.5, 0.6) is 0 Å². The highest BCUT2D eigenvalue weighted by Crippen LogP contribution is 2.43. The molecule has 0 aromatic rings. The van der Waals surface area contributed by atoms with Crippen LogP contribution in [-0.2, 0) is 37.5 Å². The van der Waals surface area contributed by atoms with Crippen LogP contribution in [0, 0.1) is 0 Å². The van der Waals surface area contributed by atoms with Gasteiger partial charge in [-0.1, -0.05) is 75.3 Å². The number of carbonyl (C=O) groups excluding carboxylic acids is 2. The fraction of sp³-hybridized carbons (Fsp3) is 0.607. The van der Waals surface area contributed by atoms with Gasteiger partial charge in [0.05, 0.1) is 13.2 Å². The van der Waals surface area contributed by atoms with E-state index in [1.54, 1.807) is 0 Å². The summed E-state index contributed by atoms with van der Waals surface area (Å²) in [5, 5.41) is 8.75. The summed E-state index contributed by atoms with van der Waals surface area (Å²) in [7, 11) is -4.70. The van der Waals surface area contributed by atoms with Crippen molar-refractivity contribution in [2.24, 2.45) is 5.73 Å². The molecule has 0 bridgehead atoms. The number of phosphoric acid groups is 1. The molecular weight excluding hydrogens is 541 g/mol. The molecule has 0 aromatic heterocycles. The van der Waals surface area contributed by atoms with E-state index in [2.05, 4.69) is 41.8 Å². The topological polar surface area (TPSA) is 172 Å². The van der Waals surface area contributed by atoms with E-state index in [-0.39, 0.29) is 19.4 Å². The molecule has 0 rings (SSSR count). The minimum absolute atomic E-state index is 0.0376. The molecule has 11 nitrogen and oxygen atoms in total. The summed E-state index contributed by atoms with van der Waals surface area (Å²) in [6.07, 6.45) is 21.8. The minimum Gasteiger partial charge on any atom is -0.480 e. The molecule has 0 spiro atoms. The number of ether oxygens (including phenoxy) is 2. The van der Waals surface area contributed by atoms with Gasteiger partial charge in [-0.05, 0) is 38.5 Å². The predicted octanol–water partition coefficient (Wildman–Crippen LogP) is 5.15. The van der Waals surface area contributed by atoms with E-state index in [1.165, 1.54) is 0 Å². The lowest BCUT2D eigenvalue weighted by atomic mass is 10.2. The van der Waals surface area contributed by atoms with Crippen LogP contribution in [0.4, 0.5) is 0 Å². The first-order valence-electron chi connectivity index (χ1n) is 13.7. The van der Waals surface area contributed by atoms with Crippen LogP contribution < -0.4 is 5.73 Å². The SMILES string of the molecule is CC/C=C\C/C=C\C/C=C\C/C=C\CCC(=O)OC(COC(=O)CCCCC)COP(=O)(O)OCC(N)C(=O)O. The van der Waals surface area contributed by atoms with Crippen molar-refractivity contribution in [3.8, 4) is 0 Å². The number of carboxylic acids is 1. The van der Waals surface area contributed by atoms with Gasteiger partial charge in [0.15, 0.2) is 6.10 Å². The Morgan fingerprint density at radius 3 is 1.95 bits per heavy atom. The second-order valence-electron chi connectivity index (χ2n) is 8.80. The molecule has 3 atom stereocenters. The molecule has 3 unspecified atom stereocenters. The molecular formula is C28H46NO10P. The number of hydrogen-bond donors (Lipinski definition) is 3. The molecule has 12 heteroatoms. The van der Waals surface area contributed by atoms with Gasteiger partial charge in [-0.2, -0.15) is 0 Å². The fourth-order valence-corrected chi connectivity index (χ4v) is 3.68. The van der Waals surface area contributed by atoms with Crippen LogP contribution in [0.3, 0.4) is 0 Å². The number of carboxylic acid groups (broad SMARTS) is 1. The van der Waals surface area contributed by atoms with Crippen molar-refractivity contribution in [2.75, 3.05) is 19.8 Å². The highest BCUT2D eigenvalue weighted by atomic mass is 31.2. The Labute approximate surface area is 237 Å². The first-order chi connectivity index (χ1) is 19.1. The van der Waals surface area contributed by atoms with Crippen molar-refractivity contribution in [2.45, 2.75) is 90.2 Å². The Bertz CT molecular complexity index is 884. The van der Waals surface area contributed by atoms with Gasteiger partial charge in [0.25, 0.3) is 0 Å². The fourth-order valence-electron chi connectivity index (χ4n) is 2.90. The summed E-state index contributed by atoms with van der Waals surface area (Å²) >= 11 is 0. The molecule has 228 valence electrons. The maximum absolute atomic E-state index is 12.3. The summed E-state index contributed by atoms with van der Waals surface area (Å²) in [6.45, 7) is 2.33. The molecule has 0 saturated heterocycles. The molecule has 40 heavy (non-hydrogen) atoms. The summed E-state index contributed by atoms with van der Waals surface area (Å²) in [5.74, 6) is -2.53. The molecule has 0 heterocycles. The predicted molar refractivity (Wildman–Crippen MR) is 152 cm³/mol. The Hall–Kier alpha value is -2.56. The maximum atomic E-state index is 12.3. The zero-order chi connectivity index (χ0) is 30.1. The lowest BCUT2D eigenvalue weighted by Gasteiger charge is -2.20. The number of phosphoric ester groups is 1. The second-order valence-corrected chi connectivity index (χ2v) is 10.2. The zero-order valence-corrected chi connectivity index (χ0v) is 24.5. The van der Waals surface area contributed by atoms with Crippen LogP contribution in [-0.4, -0.2) is 59.9 Å². The van der Waals surface area contributed by atoms with Crippen molar-refractivity contribution in [3.63, 3.8) is 0 Å². The highest BCUT2D eigenvalue weighted by molar-refractivity contribution is 7.47. The summed E-state index contributed by atoms with van der Waals surface area (Å²) < 4.78 is 31.8. The monoisotopic (exact) mass is 587 g/mol. The van der Waals surface area contributed by atoms with Gasteiger partial charge in [-0.25, -0.2) is 4.57 Å². The molecule has 0 amide bonds. The van der Waals surface area contributed by atoms with E-state index in [1.807, 2.05) is 25.2 Å². The smallest absolute Gasteiger partial charge is 0.472 e. The Morgan fingerprint density at radius 2 is 1.38 bits per heavy atom. The first kappa shape index (κ1) is 37.4. The number of unbranched alkanes of at least 4 members (excludes halogenated alkanes) is 2. The summed E-state index contributed by atoms with van der Waals surface area (Å²) in [4.78, 5) is 44.8. The molecule has 0 aromatic carbocycles. The molecule has 0 aliphatic rings. The average molecular weight is 588 g/mol. The number of nitrogens with two attached hydrogens (primary N) is 1. The quantitative estimate of drug-likeness (QED) is 0.0590. The van der Waals surface area contributed by atoms with Crippen molar-refractivity contribution in [1.29, 1.82) is 0 Å². The molecule has 0 saturated carbocycles. The number of hydrogen-bond acceptors (Lipinski definition) is 9. The van der Waals surface area contributed by atoms with E-state index in [4.69, 9.17) is 24.8 Å². The van der Waals surface area contributed by atoms with Crippen LogP contribution in [0.1, 0.15) is 78.1 Å². The van der Waals surface area contributed by atoms with E-state index < -0.39 is 51.1 Å². The second kappa shape index (κ2) is 24.3. The van der Waals surface area contributed by atoms with E-state index >= 15 is 0 Å². The Balaban J connectivity index is 4.64. The third-order valence-corrected chi connectivity index (χ3v) is 6.06. The number of esters is 2. The average Bonchev–Trinajstić information content (AvgIpc) is 2.91. The number of aliphatic carboxylic acids is 1. The van der Waals surface area contributed by atoms with Crippen LogP contribution in [0.25, 0.3) is 0 Å². The maximum Gasteiger partial charge on any atom is 0.472 e. The number of carbonyl (C=O) groups is 3. The van der Waals surface area contributed by atoms with Gasteiger partial charge in [-0.3, -0.25) is 23.4 Å². The van der Waals surface area contributed by atoms with Crippen molar-refractivity contribution in [1.82, 2.24) is 0 Å². The van der Waals surface area contributed by atoms with Gasteiger partial charge in [0, 0.05) is 12.8 Å². The van der Waals surface area contributed by atoms with Crippen LogP contribution in [0.2, 0.25) is 0 Å². The minimum atomic E-state index is -4.70. The van der Waals surface area contributed by atoms with Gasteiger partial charge < -0.3 is 25.2 Å². The van der Waals surface area contributed by atoms with E-state index in [9.17, 15) is 23.8 Å². The lowest BCUT2D eigenvalue weighted by molar-refractivity contribution is -0.161.